The number of aryl methyl sites for hydroxylation is 1. The third kappa shape index (κ3) is 6.71. The summed E-state index contributed by atoms with van der Waals surface area (Å²) in [5, 5.41) is 8.43. The number of fused-ring (bicyclic) bond motifs is 1. The van der Waals surface area contributed by atoms with Gasteiger partial charge in [-0.15, -0.1) is 22.7 Å². The van der Waals surface area contributed by atoms with Gasteiger partial charge in [0.15, 0.2) is 16.0 Å². The minimum absolute atomic E-state index is 0.0693. The Hall–Kier alpha value is -3.53. The van der Waals surface area contributed by atoms with E-state index in [1.54, 1.807) is 31.0 Å². The van der Waals surface area contributed by atoms with Gasteiger partial charge in [0.25, 0.3) is 0 Å². The summed E-state index contributed by atoms with van der Waals surface area (Å²) < 4.78 is 20.1. The number of ketones is 1. The SMILES string of the molecule is CCOC(=O)C1=C(CN2CCN3C(=O)N(c4nc(CCC(C)=O)cs4)C[C@@H]3C2)NC(c2nccs2)=N[C@H]1c1ccc(F)cc1Br. The van der Waals surface area contributed by atoms with Gasteiger partial charge < -0.3 is 19.7 Å². The highest BCUT2D eigenvalue weighted by atomic mass is 79.9. The molecule has 0 aliphatic carbocycles. The zero-order chi connectivity index (χ0) is 31.7. The molecule has 15 heteroatoms. The standard InChI is InChI=1S/C30H31BrFN7O4S2/c1-3-43-28(41)24-23(35-26(27-33-8-11-44-27)36-25(24)21-7-5-18(32)12-22(21)31)15-37-9-10-38-20(13-37)14-39(30(38)42)29-34-19(16-45-29)6-4-17(2)40/h5,7-8,11-12,16,20,25H,3-4,6,9-10,13-15H2,1-2H3,(H,35,36)/t20-,25-/m0/s1. The van der Waals surface area contributed by atoms with Crippen molar-refractivity contribution in [2.45, 2.75) is 38.8 Å². The molecule has 2 amide bonds. The van der Waals surface area contributed by atoms with Crippen LogP contribution >= 0.6 is 38.6 Å². The first-order valence-electron chi connectivity index (χ1n) is 14.6. The third-order valence-electron chi connectivity index (χ3n) is 7.84. The van der Waals surface area contributed by atoms with Crippen molar-refractivity contribution in [3.8, 4) is 0 Å². The number of rotatable bonds is 10. The van der Waals surface area contributed by atoms with Crippen LogP contribution in [-0.2, 0) is 20.7 Å². The number of piperazine rings is 1. The first-order valence-corrected chi connectivity index (χ1v) is 17.1. The minimum Gasteiger partial charge on any atom is -0.463 e. The Balaban J connectivity index is 1.26. The zero-order valence-electron chi connectivity index (χ0n) is 24.7. The lowest BCUT2D eigenvalue weighted by Gasteiger charge is -2.38. The number of esters is 1. The number of amides is 2. The molecule has 3 aliphatic rings. The maximum atomic E-state index is 14.1. The van der Waals surface area contributed by atoms with Gasteiger partial charge >= 0.3 is 12.0 Å². The Labute approximate surface area is 275 Å². The zero-order valence-corrected chi connectivity index (χ0v) is 27.9. The normalized spacial score (nSPS) is 20.3. The lowest BCUT2D eigenvalue weighted by molar-refractivity contribution is -0.139. The minimum atomic E-state index is -0.763. The van der Waals surface area contributed by atoms with Crippen LogP contribution in [0.3, 0.4) is 0 Å². The molecule has 2 aromatic heterocycles. The van der Waals surface area contributed by atoms with Crippen LogP contribution in [0.1, 0.15) is 42.6 Å². The van der Waals surface area contributed by atoms with Crippen LogP contribution in [0.2, 0.25) is 0 Å². The molecule has 3 aromatic rings. The van der Waals surface area contributed by atoms with Crippen LogP contribution in [0.5, 0.6) is 0 Å². The Morgan fingerprint density at radius 1 is 1.22 bits per heavy atom. The van der Waals surface area contributed by atoms with Crippen molar-refractivity contribution in [3.05, 3.63) is 73.0 Å². The van der Waals surface area contributed by atoms with Crippen LogP contribution in [0.25, 0.3) is 0 Å². The fourth-order valence-electron chi connectivity index (χ4n) is 5.70. The second-order valence-corrected chi connectivity index (χ2v) is 13.5. The topological polar surface area (TPSA) is 120 Å². The van der Waals surface area contributed by atoms with Crippen molar-refractivity contribution in [2.24, 2.45) is 4.99 Å². The summed E-state index contributed by atoms with van der Waals surface area (Å²) in [5.74, 6) is -0.296. The Bertz CT molecular complexity index is 1680. The van der Waals surface area contributed by atoms with Gasteiger partial charge in [-0.1, -0.05) is 22.0 Å². The van der Waals surface area contributed by atoms with Gasteiger partial charge in [-0.05, 0) is 38.0 Å². The number of carbonyl (C=O) groups is 3. The molecule has 236 valence electrons. The van der Waals surface area contributed by atoms with Crippen molar-refractivity contribution >= 4 is 67.4 Å². The summed E-state index contributed by atoms with van der Waals surface area (Å²) in [4.78, 5) is 58.0. The van der Waals surface area contributed by atoms with Crippen LogP contribution in [0.4, 0.5) is 14.3 Å². The van der Waals surface area contributed by atoms with Gasteiger partial charge in [0, 0.05) is 59.7 Å². The molecule has 0 saturated carbocycles. The van der Waals surface area contributed by atoms with E-state index >= 15 is 0 Å². The molecular formula is C30H31BrFN7O4S2. The van der Waals surface area contributed by atoms with Gasteiger partial charge in [-0.3, -0.25) is 14.8 Å². The number of hydrogen-bond acceptors (Lipinski definition) is 11. The summed E-state index contributed by atoms with van der Waals surface area (Å²) in [6.45, 7) is 6.05. The molecule has 45 heavy (non-hydrogen) atoms. The Morgan fingerprint density at radius 2 is 2.07 bits per heavy atom. The number of ether oxygens (including phenoxy) is 1. The van der Waals surface area contributed by atoms with E-state index in [1.165, 1.54) is 34.8 Å². The molecule has 5 heterocycles. The van der Waals surface area contributed by atoms with Crippen molar-refractivity contribution in [2.75, 3.05) is 44.2 Å². The predicted molar refractivity (Wildman–Crippen MR) is 173 cm³/mol. The van der Waals surface area contributed by atoms with Crippen molar-refractivity contribution in [3.63, 3.8) is 0 Å². The number of nitrogens with zero attached hydrogens (tertiary/aromatic N) is 6. The maximum absolute atomic E-state index is 14.1. The van der Waals surface area contributed by atoms with Gasteiger partial charge in [-0.2, -0.15) is 0 Å². The second kappa shape index (κ2) is 13.4. The molecule has 11 nitrogen and oxygen atoms in total. The molecule has 2 atom stereocenters. The van der Waals surface area contributed by atoms with E-state index < -0.39 is 17.8 Å². The summed E-state index contributed by atoms with van der Waals surface area (Å²) in [6.07, 6.45) is 2.67. The summed E-state index contributed by atoms with van der Waals surface area (Å²) in [6, 6.07) is 3.42. The first kappa shape index (κ1) is 31.5. The fraction of sp³-hybridized carbons (Fsp3) is 0.400. The number of aliphatic imine (C=N–C) groups is 1. The maximum Gasteiger partial charge on any atom is 0.338 e. The highest BCUT2D eigenvalue weighted by molar-refractivity contribution is 9.10. The monoisotopic (exact) mass is 715 g/mol. The van der Waals surface area contributed by atoms with Gasteiger partial charge in [-0.25, -0.2) is 23.9 Å². The molecule has 2 saturated heterocycles. The van der Waals surface area contributed by atoms with Crippen LogP contribution in [0, 0.1) is 5.82 Å². The largest absolute Gasteiger partial charge is 0.463 e. The average Bonchev–Trinajstić information content (AvgIpc) is 3.77. The number of thiazole rings is 2. The van der Waals surface area contributed by atoms with Crippen LogP contribution < -0.4 is 10.2 Å². The van der Waals surface area contributed by atoms with E-state index in [2.05, 4.69) is 36.1 Å². The molecule has 2 fully saturated rings. The van der Waals surface area contributed by atoms with Crippen LogP contribution in [-0.4, -0.2) is 88.8 Å². The smallest absolute Gasteiger partial charge is 0.338 e. The number of aromatic nitrogens is 2. The van der Waals surface area contributed by atoms with Gasteiger partial charge in [0.2, 0.25) is 0 Å². The number of urea groups is 1. The second-order valence-electron chi connectivity index (χ2n) is 10.9. The quantitative estimate of drug-likeness (QED) is 0.304. The number of carbonyl (C=O) groups excluding carboxylic acids is 3. The van der Waals surface area contributed by atoms with Crippen molar-refractivity contribution in [1.29, 1.82) is 0 Å². The number of nitrogens with one attached hydrogen (secondary N) is 1. The van der Waals surface area contributed by atoms with E-state index in [0.29, 0.717) is 82.8 Å². The highest BCUT2D eigenvalue weighted by Gasteiger charge is 2.43. The molecule has 0 unspecified atom stereocenters. The van der Waals surface area contributed by atoms with Crippen LogP contribution in [0.15, 0.2) is 55.9 Å². The van der Waals surface area contributed by atoms with E-state index in [1.807, 2.05) is 15.7 Å². The summed E-state index contributed by atoms with van der Waals surface area (Å²) >= 11 is 6.30. The number of hydrogen-bond donors (Lipinski definition) is 1. The fourth-order valence-corrected chi connectivity index (χ4v) is 7.72. The molecule has 1 aromatic carbocycles. The summed E-state index contributed by atoms with van der Waals surface area (Å²) in [7, 11) is 0. The third-order valence-corrected chi connectivity index (χ3v) is 10.2. The first-order chi connectivity index (χ1) is 21.7. The number of halogens is 2. The van der Waals surface area contributed by atoms with Crippen molar-refractivity contribution in [1.82, 2.24) is 25.1 Å². The predicted octanol–water partition coefficient (Wildman–Crippen LogP) is 4.56. The molecule has 0 spiro atoms. The number of Topliss-reactive ketones (excluding diaryl/α,β-unsaturated/α-hetero) is 1. The molecule has 6 rings (SSSR count). The summed E-state index contributed by atoms with van der Waals surface area (Å²) in [5.41, 5.74) is 2.41. The van der Waals surface area contributed by atoms with Gasteiger partial charge in [0.05, 0.1) is 30.5 Å². The van der Waals surface area contributed by atoms with E-state index in [-0.39, 0.29) is 24.5 Å². The number of anilines is 1. The molecule has 3 aliphatic heterocycles. The molecule has 1 N–H and O–H groups in total. The van der Waals surface area contributed by atoms with E-state index in [0.717, 1.165) is 5.69 Å². The molecular weight excluding hydrogens is 685 g/mol. The highest BCUT2D eigenvalue weighted by Crippen LogP contribution is 2.37. The molecule has 0 bridgehead atoms. The lowest BCUT2D eigenvalue weighted by atomic mass is 9.95. The molecule has 0 radical (unpaired) electrons. The van der Waals surface area contributed by atoms with E-state index in [4.69, 9.17) is 9.73 Å². The Morgan fingerprint density at radius 3 is 2.80 bits per heavy atom. The lowest BCUT2D eigenvalue weighted by Crippen LogP contribution is -2.53. The van der Waals surface area contributed by atoms with Gasteiger partial charge in [0.1, 0.15) is 17.6 Å². The van der Waals surface area contributed by atoms with E-state index in [9.17, 15) is 18.8 Å². The Kier molecular flexibility index (Phi) is 9.40. The number of amidine groups is 1. The number of benzene rings is 1. The average molecular weight is 717 g/mol. The van der Waals surface area contributed by atoms with Crippen molar-refractivity contribution < 1.29 is 23.5 Å².